The number of aliphatic hydroxyl groups is 1. The molecule has 0 heterocycles. The van der Waals surface area contributed by atoms with Crippen molar-refractivity contribution < 1.29 is 34.0 Å². The van der Waals surface area contributed by atoms with Gasteiger partial charge in [-0.2, -0.15) is 0 Å². The third-order valence-electron chi connectivity index (χ3n) is 12.1. The van der Waals surface area contributed by atoms with Gasteiger partial charge in [0.1, 0.15) is 0 Å². The highest BCUT2D eigenvalue weighted by atomic mass is 16.5. The van der Waals surface area contributed by atoms with Gasteiger partial charge in [0, 0.05) is 19.4 Å². The number of ether oxygens (including phenoxy) is 3. The summed E-state index contributed by atoms with van der Waals surface area (Å²) >= 11 is 0. The van der Waals surface area contributed by atoms with E-state index in [1.807, 2.05) is 6.92 Å². The molecule has 0 radical (unpaired) electrons. The number of carbonyl (C=O) groups excluding carboxylic acids is 1. The lowest BCUT2D eigenvalue weighted by Crippen LogP contribution is -2.58. The van der Waals surface area contributed by atoms with E-state index in [4.69, 9.17) is 14.2 Å². The van der Waals surface area contributed by atoms with E-state index in [1.165, 1.54) is 32.1 Å². The van der Waals surface area contributed by atoms with Crippen molar-refractivity contribution in [3.63, 3.8) is 0 Å². The molecule has 4 rings (SSSR count). The Kier molecular flexibility index (Phi) is 11.6. The molecule has 8 nitrogen and oxygen atoms in total. The van der Waals surface area contributed by atoms with Crippen molar-refractivity contribution in [3.05, 3.63) is 0 Å². The molecule has 0 aromatic rings. The number of hydrogen-bond donors (Lipinski definition) is 3. The molecule has 0 unspecified atom stereocenters. The van der Waals surface area contributed by atoms with Crippen LogP contribution in [0.4, 0.5) is 0 Å². The van der Waals surface area contributed by atoms with Gasteiger partial charge in [0.2, 0.25) is 5.91 Å². The molecule has 3 N–H and O–H groups in total. The lowest BCUT2D eigenvalue weighted by Gasteiger charge is -2.62. The monoisotopic (exact) mass is 579 g/mol. The molecule has 4 aliphatic carbocycles. The van der Waals surface area contributed by atoms with Crippen molar-refractivity contribution in [2.45, 2.75) is 111 Å². The van der Waals surface area contributed by atoms with Gasteiger partial charge >= 0.3 is 5.97 Å². The van der Waals surface area contributed by atoms with Gasteiger partial charge in [-0.25, -0.2) is 0 Å². The van der Waals surface area contributed by atoms with Crippen molar-refractivity contribution in [1.29, 1.82) is 0 Å². The Morgan fingerprint density at radius 3 is 2.34 bits per heavy atom. The minimum absolute atomic E-state index is 0.0395. The fourth-order valence-corrected chi connectivity index (χ4v) is 9.85. The van der Waals surface area contributed by atoms with Gasteiger partial charge in [0.25, 0.3) is 0 Å². The summed E-state index contributed by atoms with van der Waals surface area (Å²) in [5.41, 5.74) is 0.488. The van der Waals surface area contributed by atoms with Crippen molar-refractivity contribution in [1.82, 2.24) is 5.32 Å². The number of rotatable bonds is 15. The summed E-state index contributed by atoms with van der Waals surface area (Å²) < 4.78 is 17.4. The van der Waals surface area contributed by atoms with Crippen LogP contribution in [0.5, 0.6) is 0 Å². The molecule has 0 bridgehead atoms. The van der Waals surface area contributed by atoms with Gasteiger partial charge in [-0.05, 0) is 104 Å². The van der Waals surface area contributed by atoms with E-state index < -0.39 is 5.97 Å². The van der Waals surface area contributed by atoms with E-state index in [-0.39, 0.29) is 35.4 Å². The van der Waals surface area contributed by atoms with Crippen LogP contribution in [0.1, 0.15) is 98.3 Å². The summed E-state index contributed by atoms with van der Waals surface area (Å²) in [6.07, 6.45) is 10.4. The number of aliphatic hydroxyl groups excluding tert-OH is 1. The first kappa shape index (κ1) is 32.7. The molecule has 0 aliphatic heterocycles. The van der Waals surface area contributed by atoms with Gasteiger partial charge < -0.3 is 29.7 Å². The van der Waals surface area contributed by atoms with Crippen molar-refractivity contribution in [2.24, 2.45) is 46.3 Å². The molecule has 1 amide bonds. The van der Waals surface area contributed by atoms with Crippen LogP contribution in [0.25, 0.3) is 0 Å². The predicted octanol–water partition coefficient (Wildman–Crippen LogP) is 5.06. The standard InChI is InChI=1S/C33H57NO7/c1-5-29(36)34-14-15-39-16-17-40-18-19-41-24-10-12-32(3)23(20-24)21-28(35)31-26-8-7-25(22(2)6-9-30(37)38)33(26,4)13-11-27(31)32/h22-28,31,35H,5-21H2,1-4H3,(H,34,36)(H,37,38)/t22-,23+,24+,25-,26+,27+,28-,31+,32+,33-/m1/s1. The largest absolute Gasteiger partial charge is 0.481 e. The summed E-state index contributed by atoms with van der Waals surface area (Å²) in [6, 6.07) is 0. The summed E-state index contributed by atoms with van der Waals surface area (Å²) in [5, 5.41) is 23.6. The number of carbonyl (C=O) groups is 2. The Bertz CT molecular complexity index is 869. The molecule has 4 fully saturated rings. The van der Waals surface area contributed by atoms with E-state index >= 15 is 0 Å². The molecule has 0 aromatic heterocycles. The summed E-state index contributed by atoms with van der Waals surface area (Å²) in [7, 11) is 0. The van der Waals surface area contributed by atoms with Crippen molar-refractivity contribution in [2.75, 3.05) is 39.6 Å². The van der Waals surface area contributed by atoms with Crippen LogP contribution >= 0.6 is 0 Å². The molecule has 41 heavy (non-hydrogen) atoms. The molecular weight excluding hydrogens is 522 g/mol. The number of aliphatic carboxylic acids is 1. The molecular formula is C33H57NO7. The number of fused-ring (bicyclic) bond motifs is 5. The molecule has 8 heteroatoms. The Morgan fingerprint density at radius 1 is 0.927 bits per heavy atom. The lowest BCUT2D eigenvalue weighted by atomic mass is 9.43. The predicted molar refractivity (Wildman–Crippen MR) is 157 cm³/mol. The molecule has 0 spiro atoms. The first-order valence-corrected chi connectivity index (χ1v) is 16.5. The second-order valence-corrected chi connectivity index (χ2v) is 14.1. The van der Waals surface area contributed by atoms with Crippen LogP contribution in [0.2, 0.25) is 0 Å². The van der Waals surface area contributed by atoms with E-state index in [0.717, 1.165) is 25.7 Å². The third kappa shape index (κ3) is 7.47. The molecule has 0 aromatic carbocycles. The molecule has 4 saturated carbocycles. The highest BCUT2D eigenvalue weighted by Gasteiger charge is 2.62. The fraction of sp³-hybridized carbons (Fsp3) is 0.939. The Balaban J connectivity index is 1.21. The van der Waals surface area contributed by atoms with E-state index in [1.54, 1.807) is 0 Å². The second kappa shape index (κ2) is 14.5. The maximum Gasteiger partial charge on any atom is 0.303 e. The van der Waals surface area contributed by atoms with Gasteiger partial charge in [0.05, 0.1) is 45.2 Å². The van der Waals surface area contributed by atoms with Gasteiger partial charge in [0.15, 0.2) is 0 Å². The van der Waals surface area contributed by atoms with Crippen molar-refractivity contribution in [3.8, 4) is 0 Å². The smallest absolute Gasteiger partial charge is 0.303 e. The van der Waals surface area contributed by atoms with Crippen LogP contribution in [-0.4, -0.2) is 73.9 Å². The number of carboxylic acid groups (broad SMARTS) is 1. The highest BCUT2D eigenvalue weighted by Crippen LogP contribution is 2.68. The Hall–Kier alpha value is -1.22. The molecule has 4 aliphatic rings. The van der Waals surface area contributed by atoms with Crippen LogP contribution in [0.3, 0.4) is 0 Å². The average Bonchev–Trinajstić information content (AvgIpc) is 3.30. The number of carboxylic acids is 1. The number of amides is 1. The first-order chi connectivity index (χ1) is 19.6. The molecule has 0 saturated heterocycles. The Morgan fingerprint density at radius 2 is 1.61 bits per heavy atom. The topological polar surface area (TPSA) is 114 Å². The summed E-state index contributed by atoms with van der Waals surface area (Å²) in [5.74, 6) is 2.34. The van der Waals surface area contributed by atoms with E-state index in [9.17, 15) is 19.8 Å². The first-order valence-electron chi connectivity index (χ1n) is 16.5. The lowest BCUT2D eigenvalue weighted by molar-refractivity contribution is -0.179. The van der Waals surface area contributed by atoms with Gasteiger partial charge in [-0.15, -0.1) is 0 Å². The van der Waals surface area contributed by atoms with E-state index in [0.29, 0.717) is 81.5 Å². The summed E-state index contributed by atoms with van der Waals surface area (Å²) in [4.78, 5) is 22.4. The minimum atomic E-state index is -0.689. The van der Waals surface area contributed by atoms with Crippen LogP contribution in [0, 0.1) is 46.3 Å². The fourth-order valence-electron chi connectivity index (χ4n) is 9.85. The van der Waals surface area contributed by atoms with Gasteiger partial charge in [-0.3, -0.25) is 9.59 Å². The van der Waals surface area contributed by atoms with Crippen LogP contribution in [0.15, 0.2) is 0 Å². The van der Waals surface area contributed by atoms with Gasteiger partial charge in [-0.1, -0.05) is 27.7 Å². The minimum Gasteiger partial charge on any atom is -0.481 e. The Labute approximate surface area is 247 Å². The quantitative estimate of drug-likeness (QED) is 0.232. The van der Waals surface area contributed by atoms with Crippen molar-refractivity contribution >= 4 is 11.9 Å². The zero-order chi connectivity index (χ0) is 29.6. The third-order valence-corrected chi connectivity index (χ3v) is 12.1. The number of nitrogens with one attached hydrogen (secondary N) is 1. The number of hydrogen-bond acceptors (Lipinski definition) is 6. The zero-order valence-corrected chi connectivity index (χ0v) is 26.1. The molecule has 236 valence electrons. The second-order valence-electron chi connectivity index (χ2n) is 14.1. The average molecular weight is 580 g/mol. The van der Waals surface area contributed by atoms with E-state index in [2.05, 4.69) is 26.1 Å². The maximum atomic E-state index is 11.6. The highest BCUT2D eigenvalue weighted by molar-refractivity contribution is 5.75. The zero-order valence-electron chi connectivity index (χ0n) is 26.1. The van der Waals surface area contributed by atoms with Crippen LogP contribution < -0.4 is 5.32 Å². The molecule has 10 atom stereocenters. The maximum absolute atomic E-state index is 11.6. The van der Waals surface area contributed by atoms with Crippen LogP contribution in [-0.2, 0) is 23.8 Å². The SMILES string of the molecule is CCC(=O)NCCOCCOCCO[C@H]1CC[C@@]2(C)[C@@H](C1)C[C@@H](O)[C@@H]1[C@@H]2CC[C@]2(C)[C@@H]([C@H](C)CCC(=O)O)CC[C@@H]12. The normalized spacial score (nSPS) is 38.9. The summed E-state index contributed by atoms with van der Waals surface area (Å²) in [6.45, 7) is 12.3.